The Balaban J connectivity index is 0.000000335. The molecule has 0 bridgehead atoms. The highest BCUT2D eigenvalue weighted by atomic mass is 16.3. The minimum Gasteiger partial charge on any atom is -0.508 e. The molecule has 1 aliphatic carbocycles. The van der Waals surface area contributed by atoms with Crippen molar-refractivity contribution in [3.05, 3.63) is 145 Å². The molecular weight excluding hydrogens is 701 g/mol. The Labute approximate surface area is 322 Å². The summed E-state index contributed by atoms with van der Waals surface area (Å²) in [5.74, 6) is 0.571. The first-order valence-electron chi connectivity index (χ1n) is 17.0. The van der Waals surface area contributed by atoms with Gasteiger partial charge >= 0.3 is 0 Å². The van der Waals surface area contributed by atoms with Crippen LogP contribution in [0.15, 0.2) is 145 Å². The monoisotopic (exact) mass is 756 g/mol. The van der Waals surface area contributed by atoms with E-state index in [0.29, 0.717) is 30.2 Å². The van der Waals surface area contributed by atoms with Crippen LogP contribution < -0.4 is 45.0 Å². The van der Waals surface area contributed by atoms with Crippen molar-refractivity contribution < 1.29 is 30.6 Å². The fourth-order valence-corrected chi connectivity index (χ4v) is 4.01. The Morgan fingerprint density at radius 1 is 0.564 bits per heavy atom. The van der Waals surface area contributed by atoms with Gasteiger partial charge in [-0.3, -0.25) is 0 Å². The number of benzene rings is 5. The van der Waals surface area contributed by atoms with E-state index in [1.165, 1.54) is 18.2 Å². The second kappa shape index (κ2) is 25.3. The molecule has 0 fully saturated rings. The van der Waals surface area contributed by atoms with Gasteiger partial charge in [-0.2, -0.15) is 0 Å². The molecule has 0 saturated heterocycles. The number of aliphatic hydroxyl groups is 2. The van der Waals surface area contributed by atoms with E-state index in [0.717, 1.165) is 29.2 Å². The number of nitrogens with two attached hydrogens (primary N) is 7. The second-order valence-corrected chi connectivity index (χ2v) is 12.1. The molecular formula is C41H56N8O6. The van der Waals surface area contributed by atoms with Crippen molar-refractivity contribution in [3.63, 3.8) is 0 Å². The van der Waals surface area contributed by atoms with Gasteiger partial charge in [-0.1, -0.05) is 30.4 Å². The minimum atomic E-state index is -0.178. The number of rotatable bonds is 5. The van der Waals surface area contributed by atoms with E-state index in [1.807, 2.05) is 42.2 Å². The fraction of sp³-hybridized carbons (Fsp3) is 0.171. The highest BCUT2D eigenvalue weighted by molar-refractivity contribution is 5.53. The Morgan fingerprint density at radius 3 is 1.31 bits per heavy atom. The average Bonchev–Trinajstić information content (AvgIpc) is 3.15. The minimum absolute atomic E-state index is 0.0738. The Hall–Kier alpha value is -6.74. The number of para-hydroxylation sites is 2. The number of hydrogen-bond acceptors (Lipinski definition) is 14. The normalized spacial score (nSPS) is 13.4. The third-order valence-electron chi connectivity index (χ3n) is 7.03. The second-order valence-electron chi connectivity index (χ2n) is 12.1. The van der Waals surface area contributed by atoms with Crippen LogP contribution in [0.4, 0.5) is 34.1 Å². The van der Waals surface area contributed by atoms with Gasteiger partial charge in [0.2, 0.25) is 0 Å². The zero-order valence-corrected chi connectivity index (χ0v) is 31.0. The summed E-state index contributed by atoms with van der Waals surface area (Å²) < 4.78 is 0. The zero-order chi connectivity index (χ0) is 41.2. The zero-order valence-electron chi connectivity index (χ0n) is 31.0. The molecule has 1 aliphatic rings. The highest BCUT2D eigenvalue weighted by Crippen LogP contribution is 2.18. The standard InChI is InChI=1S/C10H16N2O2.C7H12N2.C6H8N2.2C6H7NO.C6H6O2/c11-9-1-3-10(4-2-9)12(5-7-13)6-8-14;1-7(9)4-2-6(8)3-5-7;7-5-1-2-6(8)4-3-5;7-5-1-3-6(8)4-2-5;7-5-3-1-2-4-6(5)8;7-5-2-1-3-6(8)4-5/h1-4,13-14H,5-8,11H2;2-4H,5,8-9H2,1H3;1-4H,7-8H2;2*1-4,8H,7H2;1-4,7-8H. The van der Waals surface area contributed by atoms with Crippen molar-refractivity contribution in [1.29, 1.82) is 0 Å². The largest absolute Gasteiger partial charge is 0.508 e. The molecule has 14 nitrogen and oxygen atoms in total. The third-order valence-corrected chi connectivity index (χ3v) is 7.03. The first kappa shape index (κ1) is 46.3. The lowest BCUT2D eigenvalue weighted by atomic mass is 9.94. The van der Waals surface area contributed by atoms with Crippen LogP contribution >= 0.6 is 0 Å². The molecule has 1 unspecified atom stereocenters. The van der Waals surface area contributed by atoms with Gasteiger partial charge in [0, 0.05) is 58.8 Å². The van der Waals surface area contributed by atoms with Crippen molar-refractivity contribution in [1.82, 2.24) is 0 Å². The van der Waals surface area contributed by atoms with Gasteiger partial charge in [0.05, 0.1) is 18.9 Å². The molecule has 14 heteroatoms. The molecule has 0 aliphatic heterocycles. The first-order valence-corrected chi connectivity index (χ1v) is 17.0. The lowest BCUT2D eigenvalue weighted by molar-refractivity contribution is 0.281. The molecule has 0 amide bonds. The predicted molar refractivity (Wildman–Crippen MR) is 226 cm³/mol. The van der Waals surface area contributed by atoms with E-state index in [1.54, 1.807) is 91.0 Å². The van der Waals surface area contributed by atoms with Gasteiger partial charge in [-0.25, -0.2) is 0 Å². The summed E-state index contributed by atoms with van der Waals surface area (Å²) in [7, 11) is 0. The fourth-order valence-electron chi connectivity index (χ4n) is 4.01. The topological polar surface area (TPSA) is 307 Å². The maximum absolute atomic E-state index is 8.83. The molecule has 0 saturated carbocycles. The van der Waals surface area contributed by atoms with E-state index in [2.05, 4.69) is 0 Å². The van der Waals surface area contributed by atoms with E-state index in [-0.39, 0.29) is 41.8 Å². The molecule has 5 aromatic rings. The van der Waals surface area contributed by atoms with Gasteiger partial charge in [-0.05, 0) is 116 Å². The van der Waals surface area contributed by atoms with Gasteiger partial charge in [0.25, 0.3) is 0 Å². The summed E-state index contributed by atoms with van der Waals surface area (Å²) in [5, 5.41) is 52.5. The SMILES string of the molecule is CC1(N)C=CC(N)=CC1.Nc1ccc(N(CCO)CCO)cc1.Nc1ccc(N)cc1.Nc1ccc(O)cc1.Nc1ccccc1O.Oc1cccc(O)c1. The van der Waals surface area contributed by atoms with Crippen LogP contribution in [0.1, 0.15) is 13.3 Å². The lowest BCUT2D eigenvalue weighted by Crippen LogP contribution is -2.34. The van der Waals surface area contributed by atoms with Gasteiger partial charge < -0.3 is 75.7 Å². The van der Waals surface area contributed by atoms with Gasteiger partial charge in [-0.15, -0.1) is 0 Å². The molecule has 0 spiro atoms. The molecule has 0 heterocycles. The van der Waals surface area contributed by atoms with E-state index in [4.69, 9.17) is 70.8 Å². The van der Waals surface area contributed by atoms with Crippen molar-refractivity contribution in [2.45, 2.75) is 18.9 Å². The van der Waals surface area contributed by atoms with Crippen molar-refractivity contribution in [2.75, 3.05) is 59.9 Å². The van der Waals surface area contributed by atoms with E-state index >= 15 is 0 Å². The Bertz CT molecular complexity index is 1710. The van der Waals surface area contributed by atoms with Crippen LogP contribution in [0.2, 0.25) is 0 Å². The van der Waals surface area contributed by atoms with Crippen LogP contribution in [-0.4, -0.2) is 62.5 Å². The lowest BCUT2D eigenvalue weighted by Gasteiger charge is -2.22. The quantitative estimate of drug-likeness (QED) is 0.0669. The van der Waals surface area contributed by atoms with Gasteiger partial charge in [0.15, 0.2) is 0 Å². The summed E-state index contributed by atoms with van der Waals surface area (Å²) in [6.07, 6.45) is 6.57. The van der Waals surface area contributed by atoms with Gasteiger partial charge in [0.1, 0.15) is 23.0 Å². The average molecular weight is 757 g/mol. The summed E-state index contributed by atoms with van der Waals surface area (Å²) in [6, 6.07) is 33.4. The number of aromatic hydroxyl groups is 4. The maximum atomic E-state index is 8.83. The highest BCUT2D eigenvalue weighted by Gasteiger charge is 2.14. The van der Waals surface area contributed by atoms with Crippen molar-refractivity contribution >= 4 is 34.1 Å². The third kappa shape index (κ3) is 22.1. The predicted octanol–water partition coefficient (Wildman–Crippen LogP) is 4.46. The molecule has 0 aromatic heterocycles. The summed E-state index contributed by atoms with van der Waals surface area (Å²) in [6.45, 7) is 3.16. The number of phenolic OH excluding ortho intramolecular Hbond substituents is 4. The number of phenols is 4. The van der Waals surface area contributed by atoms with Crippen molar-refractivity contribution in [3.8, 4) is 23.0 Å². The van der Waals surface area contributed by atoms with E-state index in [9.17, 15) is 0 Å². The summed E-state index contributed by atoms with van der Waals surface area (Å²) >= 11 is 0. The summed E-state index contributed by atoms with van der Waals surface area (Å²) in [4.78, 5) is 1.90. The van der Waals surface area contributed by atoms with Crippen LogP contribution in [0.5, 0.6) is 23.0 Å². The summed E-state index contributed by atoms with van der Waals surface area (Å²) in [5.41, 5.74) is 43.0. The molecule has 296 valence electrons. The van der Waals surface area contributed by atoms with Crippen molar-refractivity contribution in [2.24, 2.45) is 11.5 Å². The Morgan fingerprint density at radius 2 is 1.00 bits per heavy atom. The van der Waals surface area contributed by atoms with Crippen LogP contribution in [0.25, 0.3) is 0 Å². The van der Waals surface area contributed by atoms with E-state index < -0.39 is 0 Å². The molecule has 0 radical (unpaired) electrons. The number of nitrogen functional groups attached to an aromatic ring is 5. The number of nitrogens with zero attached hydrogens (tertiary/aromatic N) is 1. The maximum Gasteiger partial charge on any atom is 0.138 e. The molecule has 6 rings (SSSR count). The molecule has 55 heavy (non-hydrogen) atoms. The number of hydrogen-bond donors (Lipinski definition) is 13. The first-order chi connectivity index (χ1) is 26.0. The molecule has 20 N–H and O–H groups in total. The smallest absolute Gasteiger partial charge is 0.138 e. The number of aliphatic hydroxyl groups excluding tert-OH is 2. The van der Waals surface area contributed by atoms with Crippen LogP contribution in [0, 0.1) is 0 Å². The number of allylic oxidation sites excluding steroid dienone is 1. The van der Waals surface area contributed by atoms with Crippen LogP contribution in [0.3, 0.4) is 0 Å². The Kier molecular flexibility index (Phi) is 21.3. The molecule has 1 atom stereocenters. The van der Waals surface area contributed by atoms with Crippen LogP contribution in [-0.2, 0) is 0 Å². The number of anilines is 6. The molecule has 5 aromatic carbocycles.